The fourth-order valence-corrected chi connectivity index (χ4v) is 2.26. The Morgan fingerprint density at radius 1 is 1.17 bits per heavy atom. The highest BCUT2D eigenvalue weighted by Crippen LogP contribution is 2.15. The van der Waals surface area contributed by atoms with Crippen LogP contribution in [0.2, 0.25) is 0 Å². The van der Waals surface area contributed by atoms with E-state index in [0.717, 1.165) is 12.1 Å². The average Bonchev–Trinajstić information content (AvgIpc) is 2.59. The molecule has 2 aromatic rings. The number of carbonyl (C=O) groups is 2. The molecular formula is C18H21N3O2. The first-order valence-corrected chi connectivity index (χ1v) is 7.67. The van der Waals surface area contributed by atoms with Crippen LogP contribution in [-0.4, -0.2) is 29.9 Å². The van der Waals surface area contributed by atoms with E-state index in [1.165, 1.54) is 18.7 Å². The first-order valence-electron chi connectivity index (χ1n) is 7.67. The number of carbonyl (C=O) groups excluding carboxylic acids is 2. The molecule has 0 atom stereocenters. The van der Waals surface area contributed by atoms with E-state index in [4.69, 9.17) is 0 Å². The van der Waals surface area contributed by atoms with Crippen molar-refractivity contribution in [3.8, 4) is 0 Å². The number of benzene rings is 1. The van der Waals surface area contributed by atoms with Crippen LogP contribution < -0.4 is 10.2 Å². The molecule has 0 fully saturated rings. The molecule has 0 saturated heterocycles. The van der Waals surface area contributed by atoms with Crippen LogP contribution in [0, 0.1) is 0 Å². The molecule has 1 aromatic carbocycles. The lowest BCUT2D eigenvalue weighted by molar-refractivity contribution is -0.116. The van der Waals surface area contributed by atoms with Crippen LogP contribution in [0.25, 0.3) is 0 Å². The third-order valence-corrected chi connectivity index (χ3v) is 3.58. The van der Waals surface area contributed by atoms with Gasteiger partial charge in [-0.2, -0.15) is 0 Å². The van der Waals surface area contributed by atoms with Crippen LogP contribution in [0.4, 0.5) is 5.69 Å². The SMILES string of the molecule is CCc1ccc(N(CCNC(=O)c2cccnc2)C(C)=O)cc1. The van der Waals surface area contributed by atoms with Crippen LogP contribution in [-0.2, 0) is 11.2 Å². The van der Waals surface area contributed by atoms with Gasteiger partial charge < -0.3 is 10.2 Å². The lowest BCUT2D eigenvalue weighted by Gasteiger charge is -2.21. The highest BCUT2D eigenvalue weighted by molar-refractivity contribution is 5.94. The quantitative estimate of drug-likeness (QED) is 0.891. The van der Waals surface area contributed by atoms with Gasteiger partial charge in [0, 0.05) is 38.1 Å². The van der Waals surface area contributed by atoms with Crippen molar-refractivity contribution in [3.05, 3.63) is 59.9 Å². The molecule has 5 nitrogen and oxygen atoms in total. The van der Waals surface area contributed by atoms with Crippen LogP contribution in [0.3, 0.4) is 0 Å². The molecule has 1 N–H and O–H groups in total. The van der Waals surface area contributed by atoms with Crippen LogP contribution in [0.5, 0.6) is 0 Å². The number of amides is 2. The minimum Gasteiger partial charge on any atom is -0.350 e. The van der Waals surface area contributed by atoms with Gasteiger partial charge in [-0.25, -0.2) is 0 Å². The van der Waals surface area contributed by atoms with E-state index in [1.54, 1.807) is 23.2 Å². The molecule has 2 rings (SSSR count). The summed E-state index contributed by atoms with van der Waals surface area (Å²) < 4.78 is 0. The van der Waals surface area contributed by atoms with Gasteiger partial charge in [-0.3, -0.25) is 14.6 Å². The summed E-state index contributed by atoms with van der Waals surface area (Å²) in [5, 5.41) is 2.80. The van der Waals surface area contributed by atoms with Crippen molar-refractivity contribution in [2.24, 2.45) is 0 Å². The third-order valence-electron chi connectivity index (χ3n) is 3.58. The highest BCUT2D eigenvalue weighted by Gasteiger charge is 2.12. The molecule has 1 heterocycles. The molecule has 0 radical (unpaired) electrons. The summed E-state index contributed by atoms with van der Waals surface area (Å²) in [6.45, 7) is 4.41. The van der Waals surface area contributed by atoms with E-state index in [1.807, 2.05) is 24.3 Å². The number of aromatic nitrogens is 1. The average molecular weight is 311 g/mol. The summed E-state index contributed by atoms with van der Waals surface area (Å²) in [5.41, 5.74) is 2.57. The molecule has 23 heavy (non-hydrogen) atoms. The zero-order chi connectivity index (χ0) is 16.7. The molecule has 0 saturated carbocycles. The van der Waals surface area contributed by atoms with Gasteiger partial charge in [-0.05, 0) is 36.2 Å². The number of aryl methyl sites for hydroxylation is 1. The number of rotatable bonds is 6. The van der Waals surface area contributed by atoms with Crippen molar-refractivity contribution in [2.45, 2.75) is 20.3 Å². The van der Waals surface area contributed by atoms with Crippen molar-refractivity contribution >= 4 is 17.5 Å². The minimum atomic E-state index is -0.192. The van der Waals surface area contributed by atoms with Crippen LogP contribution in [0.1, 0.15) is 29.8 Å². The van der Waals surface area contributed by atoms with E-state index in [0.29, 0.717) is 18.7 Å². The minimum absolute atomic E-state index is 0.0510. The fraction of sp³-hybridized carbons (Fsp3) is 0.278. The Balaban J connectivity index is 1.95. The summed E-state index contributed by atoms with van der Waals surface area (Å²) in [6, 6.07) is 11.3. The second kappa shape index (κ2) is 8.08. The standard InChI is InChI=1S/C18H21N3O2/c1-3-15-6-8-17(9-7-15)21(14(2)22)12-11-20-18(23)16-5-4-10-19-13-16/h4-10,13H,3,11-12H2,1-2H3,(H,20,23). The van der Waals surface area contributed by atoms with Gasteiger partial charge in [-0.15, -0.1) is 0 Å². The predicted molar refractivity (Wildman–Crippen MR) is 90.4 cm³/mol. The molecule has 5 heteroatoms. The Hall–Kier alpha value is -2.69. The maximum absolute atomic E-state index is 12.0. The molecular weight excluding hydrogens is 290 g/mol. The van der Waals surface area contributed by atoms with Crippen molar-refractivity contribution < 1.29 is 9.59 Å². The number of nitrogens with zero attached hydrogens (tertiary/aromatic N) is 2. The Kier molecular flexibility index (Phi) is 5.86. The van der Waals surface area contributed by atoms with Gasteiger partial charge in [0.1, 0.15) is 0 Å². The molecule has 0 aliphatic carbocycles. The summed E-state index contributed by atoms with van der Waals surface area (Å²) in [7, 11) is 0. The van der Waals surface area contributed by atoms with E-state index < -0.39 is 0 Å². The first-order chi connectivity index (χ1) is 11.1. The monoisotopic (exact) mass is 311 g/mol. The van der Waals surface area contributed by atoms with Crippen LogP contribution in [0.15, 0.2) is 48.8 Å². The molecule has 1 aromatic heterocycles. The zero-order valence-electron chi connectivity index (χ0n) is 13.5. The van der Waals surface area contributed by atoms with Crippen molar-refractivity contribution in [3.63, 3.8) is 0 Å². The summed E-state index contributed by atoms with van der Waals surface area (Å²) >= 11 is 0. The van der Waals surface area contributed by atoms with Crippen molar-refractivity contribution in [1.29, 1.82) is 0 Å². The van der Waals surface area contributed by atoms with Crippen molar-refractivity contribution in [2.75, 3.05) is 18.0 Å². The van der Waals surface area contributed by atoms with Gasteiger partial charge in [0.15, 0.2) is 0 Å². The number of anilines is 1. The van der Waals surface area contributed by atoms with Gasteiger partial charge in [0.05, 0.1) is 5.56 Å². The maximum atomic E-state index is 12.0. The molecule has 0 unspecified atom stereocenters. The first kappa shape index (κ1) is 16.7. The topological polar surface area (TPSA) is 62.3 Å². The molecule has 2 amide bonds. The van der Waals surface area contributed by atoms with Gasteiger partial charge in [0.2, 0.25) is 5.91 Å². The number of hydrogen-bond donors (Lipinski definition) is 1. The molecule has 0 aliphatic heterocycles. The van der Waals surface area contributed by atoms with E-state index in [-0.39, 0.29) is 11.8 Å². The smallest absolute Gasteiger partial charge is 0.252 e. The lowest BCUT2D eigenvalue weighted by atomic mass is 10.1. The summed E-state index contributed by atoms with van der Waals surface area (Å²) in [6.07, 6.45) is 4.09. The highest BCUT2D eigenvalue weighted by atomic mass is 16.2. The fourth-order valence-electron chi connectivity index (χ4n) is 2.26. The normalized spacial score (nSPS) is 10.2. The van der Waals surface area contributed by atoms with Gasteiger partial charge in [0.25, 0.3) is 5.91 Å². The Bertz CT molecular complexity index is 654. The Morgan fingerprint density at radius 2 is 1.91 bits per heavy atom. The number of pyridine rings is 1. The Morgan fingerprint density at radius 3 is 2.48 bits per heavy atom. The molecule has 120 valence electrons. The second-order valence-corrected chi connectivity index (χ2v) is 5.19. The van der Waals surface area contributed by atoms with Gasteiger partial charge >= 0.3 is 0 Å². The third kappa shape index (κ3) is 4.64. The van der Waals surface area contributed by atoms with Crippen LogP contribution >= 0.6 is 0 Å². The zero-order valence-corrected chi connectivity index (χ0v) is 13.5. The summed E-state index contributed by atoms with van der Waals surface area (Å²) in [4.78, 5) is 29.4. The number of nitrogens with one attached hydrogen (secondary N) is 1. The van der Waals surface area contributed by atoms with Gasteiger partial charge in [-0.1, -0.05) is 19.1 Å². The molecule has 0 spiro atoms. The van der Waals surface area contributed by atoms with E-state index in [2.05, 4.69) is 17.2 Å². The van der Waals surface area contributed by atoms with E-state index >= 15 is 0 Å². The van der Waals surface area contributed by atoms with Crippen molar-refractivity contribution in [1.82, 2.24) is 10.3 Å². The van der Waals surface area contributed by atoms with E-state index in [9.17, 15) is 9.59 Å². The largest absolute Gasteiger partial charge is 0.350 e. The number of hydrogen-bond acceptors (Lipinski definition) is 3. The predicted octanol–water partition coefficient (Wildman–Crippen LogP) is 2.43. The summed E-state index contributed by atoms with van der Waals surface area (Å²) in [5.74, 6) is -0.243. The maximum Gasteiger partial charge on any atom is 0.252 e. The Labute approximate surface area is 136 Å². The molecule has 0 bridgehead atoms. The second-order valence-electron chi connectivity index (χ2n) is 5.19. The lowest BCUT2D eigenvalue weighted by Crippen LogP contribution is -2.37. The molecule has 0 aliphatic rings.